The molecule has 2 aromatic carbocycles. The third kappa shape index (κ3) is 2.35. The van der Waals surface area contributed by atoms with E-state index in [0.717, 1.165) is 6.07 Å². The van der Waals surface area contributed by atoms with Gasteiger partial charge in [-0.3, -0.25) is 0 Å². The zero-order valence-corrected chi connectivity index (χ0v) is 10.4. The fourth-order valence-corrected chi connectivity index (χ4v) is 1.85. The number of ether oxygens (including phenoxy) is 1. The second-order valence-corrected chi connectivity index (χ2v) is 4.21. The van der Waals surface area contributed by atoms with Crippen molar-refractivity contribution in [1.82, 2.24) is 10.3 Å². The van der Waals surface area contributed by atoms with E-state index in [1.165, 1.54) is 30.3 Å². The SMILES string of the molecule is Nc1ccc(Oc2ccccc2C(F)(F)F)c2nonc12. The molecule has 1 aromatic heterocycles. The van der Waals surface area contributed by atoms with E-state index in [9.17, 15) is 13.2 Å². The van der Waals surface area contributed by atoms with Crippen molar-refractivity contribution in [3.8, 4) is 11.5 Å². The molecule has 0 aliphatic heterocycles. The molecule has 21 heavy (non-hydrogen) atoms. The normalized spacial score (nSPS) is 11.8. The van der Waals surface area contributed by atoms with Crippen LogP contribution in [0.3, 0.4) is 0 Å². The molecule has 0 aliphatic carbocycles. The van der Waals surface area contributed by atoms with Crippen LogP contribution in [0.1, 0.15) is 5.56 Å². The molecule has 0 atom stereocenters. The van der Waals surface area contributed by atoms with E-state index in [0.29, 0.717) is 5.69 Å². The van der Waals surface area contributed by atoms with Crippen LogP contribution in [-0.4, -0.2) is 10.3 Å². The quantitative estimate of drug-likeness (QED) is 0.731. The number of halogens is 3. The number of hydrogen-bond donors (Lipinski definition) is 1. The summed E-state index contributed by atoms with van der Waals surface area (Å²) >= 11 is 0. The standard InChI is InChI=1S/C13H8F3N3O2/c14-13(15,16)7-3-1-2-4-9(7)20-10-6-5-8(17)11-12(10)19-21-18-11/h1-6H,17H2. The molecule has 0 saturated heterocycles. The summed E-state index contributed by atoms with van der Waals surface area (Å²) in [5.74, 6) is -0.253. The molecule has 2 N–H and O–H groups in total. The van der Waals surface area contributed by atoms with Crippen LogP contribution < -0.4 is 10.5 Å². The molecule has 3 rings (SSSR count). The predicted molar refractivity (Wildman–Crippen MR) is 67.7 cm³/mol. The van der Waals surface area contributed by atoms with E-state index in [1.54, 1.807) is 0 Å². The average Bonchev–Trinajstić information content (AvgIpc) is 2.92. The fourth-order valence-electron chi connectivity index (χ4n) is 1.85. The molecule has 0 saturated carbocycles. The van der Waals surface area contributed by atoms with Crippen molar-refractivity contribution in [3.63, 3.8) is 0 Å². The Morgan fingerprint density at radius 2 is 1.67 bits per heavy atom. The minimum absolute atomic E-state index is 0.0807. The maximum absolute atomic E-state index is 12.9. The van der Waals surface area contributed by atoms with Gasteiger partial charge in [-0.1, -0.05) is 12.1 Å². The molecule has 0 unspecified atom stereocenters. The Morgan fingerprint density at radius 1 is 0.952 bits per heavy atom. The van der Waals surface area contributed by atoms with Crippen LogP contribution >= 0.6 is 0 Å². The fraction of sp³-hybridized carbons (Fsp3) is 0.0769. The lowest BCUT2D eigenvalue weighted by Gasteiger charge is -2.13. The van der Waals surface area contributed by atoms with E-state index in [1.807, 2.05) is 0 Å². The van der Waals surface area contributed by atoms with E-state index < -0.39 is 11.7 Å². The van der Waals surface area contributed by atoms with Gasteiger partial charge in [0.2, 0.25) is 0 Å². The van der Waals surface area contributed by atoms with Gasteiger partial charge in [-0.25, -0.2) is 4.63 Å². The Morgan fingerprint density at radius 3 is 2.43 bits per heavy atom. The highest BCUT2D eigenvalue weighted by molar-refractivity contribution is 5.90. The minimum atomic E-state index is -4.52. The van der Waals surface area contributed by atoms with Crippen LogP contribution in [0.2, 0.25) is 0 Å². The Bertz CT molecular complexity index is 799. The second kappa shape index (κ2) is 4.65. The third-order valence-corrected chi connectivity index (χ3v) is 2.82. The molecular weight excluding hydrogens is 287 g/mol. The highest BCUT2D eigenvalue weighted by Gasteiger charge is 2.34. The lowest BCUT2D eigenvalue weighted by Crippen LogP contribution is -2.06. The summed E-state index contributed by atoms with van der Waals surface area (Å²) in [6.07, 6.45) is -4.52. The van der Waals surface area contributed by atoms with E-state index in [-0.39, 0.29) is 22.5 Å². The molecule has 3 aromatic rings. The maximum atomic E-state index is 12.9. The lowest BCUT2D eigenvalue weighted by atomic mass is 10.2. The highest BCUT2D eigenvalue weighted by atomic mass is 19.4. The van der Waals surface area contributed by atoms with Crippen LogP contribution in [0.4, 0.5) is 18.9 Å². The number of nitrogens with two attached hydrogens (primary N) is 1. The van der Waals surface area contributed by atoms with Crippen LogP contribution in [0.15, 0.2) is 41.0 Å². The zero-order chi connectivity index (χ0) is 15.0. The first-order chi connectivity index (χ1) is 9.97. The minimum Gasteiger partial charge on any atom is -0.454 e. The summed E-state index contributed by atoms with van der Waals surface area (Å²) in [6.45, 7) is 0. The van der Waals surface area contributed by atoms with Gasteiger partial charge in [0.05, 0.1) is 11.3 Å². The van der Waals surface area contributed by atoms with Crippen molar-refractivity contribution in [2.45, 2.75) is 6.18 Å². The number of alkyl halides is 3. The molecule has 0 spiro atoms. The van der Waals surface area contributed by atoms with Crippen molar-refractivity contribution in [2.24, 2.45) is 0 Å². The summed E-state index contributed by atoms with van der Waals surface area (Å²) in [7, 11) is 0. The van der Waals surface area contributed by atoms with Gasteiger partial charge in [0, 0.05) is 0 Å². The summed E-state index contributed by atoms with van der Waals surface area (Å²) in [6, 6.07) is 7.75. The number of fused-ring (bicyclic) bond motifs is 1. The number of aromatic nitrogens is 2. The molecule has 0 radical (unpaired) electrons. The maximum Gasteiger partial charge on any atom is 0.419 e. The molecule has 8 heteroatoms. The zero-order valence-electron chi connectivity index (χ0n) is 10.4. The predicted octanol–water partition coefficient (Wildman–Crippen LogP) is 3.62. The largest absolute Gasteiger partial charge is 0.454 e. The average molecular weight is 295 g/mol. The van der Waals surface area contributed by atoms with E-state index in [2.05, 4.69) is 14.9 Å². The summed E-state index contributed by atoms with van der Waals surface area (Å²) < 4.78 is 48.6. The van der Waals surface area contributed by atoms with Gasteiger partial charge in [-0.2, -0.15) is 13.2 Å². The van der Waals surface area contributed by atoms with Gasteiger partial charge in [0.25, 0.3) is 0 Å². The second-order valence-electron chi connectivity index (χ2n) is 4.21. The number of para-hydroxylation sites is 1. The van der Waals surface area contributed by atoms with Crippen LogP contribution in [0.5, 0.6) is 11.5 Å². The molecule has 1 heterocycles. The Hall–Kier alpha value is -2.77. The van der Waals surface area contributed by atoms with Gasteiger partial charge >= 0.3 is 6.18 Å². The van der Waals surface area contributed by atoms with Crippen molar-refractivity contribution in [2.75, 3.05) is 5.73 Å². The van der Waals surface area contributed by atoms with Gasteiger partial charge in [0.1, 0.15) is 5.75 Å². The molecule has 5 nitrogen and oxygen atoms in total. The molecule has 0 amide bonds. The number of nitrogen functional groups attached to an aromatic ring is 1. The first kappa shape index (κ1) is 13.2. The monoisotopic (exact) mass is 295 g/mol. The lowest BCUT2D eigenvalue weighted by molar-refractivity contribution is -0.138. The number of benzene rings is 2. The summed E-state index contributed by atoms with van der Waals surface area (Å²) in [5.41, 5.74) is 5.47. The van der Waals surface area contributed by atoms with Gasteiger partial charge in [-0.05, 0) is 34.6 Å². The summed E-state index contributed by atoms with van der Waals surface area (Å²) in [4.78, 5) is 0. The topological polar surface area (TPSA) is 74.2 Å². The van der Waals surface area contributed by atoms with Gasteiger partial charge in [0.15, 0.2) is 16.8 Å². The number of anilines is 1. The Labute approximate surface area is 116 Å². The number of hydrogen-bond acceptors (Lipinski definition) is 5. The van der Waals surface area contributed by atoms with Crippen LogP contribution in [0, 0.1) is 0 Å². The molecule has 0 fully saturated rings. The van der Waals surface area contributed by atoms with E-state index >= 15 is 0 Å². The van der Waals surface area contributed by atoms with Crippen LogP contribution in [0.25, 0.3) is 11.0 Å². The molecule has 0 bridgehead atoms. The smallest absolute Gasteiger partial charge is 0.419 e. The van der Waals surface area contributed by atoms with Crippen molar-refractivity contribution < 1.29 is 22.5 Å². The Kier molecular flexibility index (Phi) is 2.93. The first-order valence-corrected chi connectivity index (χ1v) is 5.81. The summed E-state index contributed by atoms with van der Waals surface area (Å²) in [5, 5.41) is 7.17. The molecular formula is C13H8F3N3O2. The van der Waals surface area contributed by atoms with E-state index in [4.69, 9.17) is 10.5 Å². The van der Waals surface area contributed by atoms with Gasteiger partial charge in [-0.15, -0.1) is 0 Å². The highest BCUT2D eigenvalue weighted by Crippen LogP contribution is 2.39. The van der Waals surface area contributed by atoms with Crippen LogP contribution in [-0.2, 0) is 6.18 Å². The van der Waals surface area contributed by atoms with Crippen molar-refractivity contribution in [1.29, 1.82) is 0 Å². The first-order valence-electron chi connectivity index (χ1n) is 5.81. The Balaban J connectivity index is 2.08. The third-order valence-electron chi connectivity index (χ3n) is 2.82. The molecule has 0 aliphatic rings. The van der Waals surface area contributed by atoms with Crippen molar-refractivity contribution in [3.05, 3.63) is 42.0 Å². The van der Waals surface area contributed by atoms with Gasteiger partial charge < -0.3 is 10.5 Å². The number of nitrogens with zero attached hydrogens (tertiary/aromatic N) is 2. The molecule has 108 valence electrons. The van der Waals surface area contributed by atoms with Crippen molar-refractivity contribution >= 4 is 16.7 Å². The number of rotatable bonds is 2.